The third-order valence-electron chi connectivity index (χ3n) is 12.2. The van der Waals surface area contributed by atoms with E-state index in [-0.39, 0.29) is 5.41 Å². The van der Waals surface area contributed by atoms with Crippen LogP contribution in [0.3, 0.4) is 0 Å². The van der Waals surface area contributed by atoms with E-state index in [2.05, 4.69) is 199 Å². The molecule has 4 heteroatoms. The maximum atomic E-state index is 5.28. The smallest absolute Gasteiger partial charge is 0.160 e. The fraction of sp³-hybridized carbons (Fsp3) is 0.0566. The van der Waals surface area contributed by atoms with Crippen LogP contribution in [0.25, 0.3) is 99.7 Å². The maximum Gasteiger partial charge on any atom is 0.160 e. The summed E-state index contributed by atoms with van der Waals surface area (Å²) in [4.78, 5) is 10.5. The number of hydrogen-bond donors (Lipinski definition) is 0. The Hall–Kier alpha value is -7.30. The highest BCUT2D eigenvalue weighted by Gasteiger charge is 2.41. The van der Waals surface area contributed by atoms with E-state index < -0.39 is 0 Å². The summed E-state index contributed by atoms with van der Waals surface area (Å²) in [6, 6.07) is 65.4. The molecule has 0 bridgehead atoms. The van der Waals surface area contributed by atoms with Crippen molar-refractivity contribution in [3.05, 3.63) is 193 Å². The second-order valence-corrected chi connectivity index (χ2v) is 15.7. The summed E-state index contributed by atoms with van der Waals surface area (Å²) >= 11 is 0. The molecule has 0 saturated carbocycles. The van der Waals surface area contributed by atoms with Gasteiger partial charge in [0.15, 0.2) is 5.82 Å². The topological polar surface area (TPSA) is 35.6 Å². The minimum atomic E-state index is -0.225. The minimum Gasteiger partial charge on any atom is -0.307 e. The van der Waals surface area contributed by atoms with E-state index in [0.29, 0.717) is 5.82 Å². The molecule has 0 spiro atoms. The molecule has 4 nitrogen and oxygen atoms in total. The lowest BCUT2D eigenvalue weighted by Gasteiger charge is -2.23. The number of fused-ring (bicyclic) bond motifs is 13. The number of para-hydroxylation sites is 4. The molecule has 12 rings (SSSR count). The molecule has 0 atom stereocenters. The van der Waals surface area contributed by atoms with Crippen LogP contribution in [0.15, 0.2) is 182 Å². The molecule has 11 aromatic rings. The maximum absolute atomic E-state index is 5.28. The molecule has 3 aromatic heterocycles. The number of nitrogens with zero attached hydrogens (tertiary/aromatic N) is 4. The molecule has 1 aliphatic rings. The molecular weight excluding hydrogens is 693 g/mol. The number of benzene rings is 8. The number of rotatable bonds is 4. The van der Waals surface area contributed by atoms with Crippen molar-refractivity contribution in [3.63, 3.8) is 0 Å². The predicted molar refractivity (Wildman–Crippen MR) is 237 cm³/mol. The Morgan fingerprint density at radius 1 is 0.456 bits per heavy atom. The van der Waals surface area contributed by atoms with E-state index in [4.69, 9.17) is 9.97 Å². The van der Waals surface area contributed by atoms with Crippen molar-refractivity contribution >= 4 is 54.5 Å². The Labute approximate surface area is 329 Å². The molecule has 1 aliphatic carbocycles. The molecule has 57 heavy (non-hydrogen) atoms. The summed E-state index contributed by atoms with van der Waals surface area (Å²) in [5, 5.41) is 6.13. The summed E-state index contributed by atoms with van der Waals surface area (Å²) in [6.07, 6.45) is 0. The largest absolute Gasteiger partial charge is 0.307 e. The molecule has 0 N–H and O–H groups in total. The van der Waals surface area contributed by atoms with Gasteiger partial charge in [0.1, 0.15) is 0 Å². The predicted octanol–water partition coefficient (Wildman–Crippen LogP) is 13.5. The second-order valence-electron chi connectivity index (χ2n) is 15.7. The van der Waals surface area contributed by atoms with Gasteiger partial charge < -0.3 is 9.13 Å². The van der Waals surface area contributed by atoms with Gasteiger partial charge in [0.05, 0.1) is 33.3 Å². The fourth-order valence-electron chi connectivity index (χ4n) is 9.88. The minimum absolute atomic E-state index is 0.225. The first-order chi connectivity index (χ1) is 28.1. The Kier molecular flexibility index (Phi) is 6.65. The summed E-state index contributed by atoms with van der Waals surface area (Å²) in [6.45, 7) is 4.82. The first kappa shape index (κ1) is 32.0. The molecule has 0 amide bonds. The van der Waals surface area contributed by atoms with Crippen molar-refractivity contribution < 1.29 is 0 Å². The van der Waals surface area contributed by atoms with Crippen molar-refractivity contribution in [2.24, 2.45) is 0 Å². The van der Waals surface area contributed by atoms with Crippen molar-refractivity contribution in [3.8, 4) is 45.1 Å². The average Bonchev–Trinajstić information content (AvgIpc) is 3.87. The van der Waals surface area contributed by atoms with E-state index >= 15 is 0 Å². The fourth-order valence-corrected chi connectivity index (χ4v) is 9.88. The first-order valence-corrected chi connectivity index (χ1v) is 19.7. The second kappa shape index (κ2) is 11.8. The Morgan fingerprint density at radius 3 is 1.79 bits per heavy atom. The lowest BCUT2D eigenvalue weighted by Crippen LogP contribution is -2.15. The third kappa shape index (κ3) is 4.44. The zero-order valence-electron chi connectivity index (χ0n) is 31.6. The van der Waals surface area contributed by atoms with Crippen LogP contribution in [0.2, 0.25) is 0 Å². The summed E-state index contributed by atoms with van der Waals surface area (Å²) in [5.74, 6) is 0.704. The lowest BCUT2D eigenvalue weighted by atomic mass is 9.80. The van der Waals surface area contributed by atoms with Crippen LogP contribution in [0.4, 0.5) is 0 Å². The van der Waals surface area contributed by atoms with Gasteiger partial charge in [0.25, 0.3) is 0 Å². The van der Waals surface area contributed by atoms with Crippen molar-refractivity contribution in [2.45, 2.75) is 19.3 Å². The summed E-state index contributed by atoms with van der Waals surface area (Å²) in [5.41, 5.74) is 16.1. The van der Waals surface area contributed by atoms with E-state index in [1.54, 1.807) is 0 Å². The van der Waals surface area contributed by atoms with E-state index in [9.17, 15) is 0 Å². The van der Waals surface area contributed by atoms with Gasteiger partial charge in [-0.2, -0.15) is 0 Å². The van der Waals surface area contributed by atoms with Crippen LogP contribution in [-0.2, 0) is 5.41 Å². The summed E-state index contributed by atoms with van der Waals surface area (Å²) in [7, 11) is 0. The Balaban J connectivity index is 1.25. The Morgan fingerprint density at radius 2 is 1.02 bits per heavy atom. The van der Waals surface area contributed by atoms with Crippen LogP contribution in [0.5, 0.6) is 0 Å². The molecule has 0 saturated heterocycles. The molecule has 3 heterocycles. The normalized spacial score (nSPS) is 13.2. The van der Waals surface area contributed by atoms with E-state index in [0.717, 1.165) is 44.6 Å². The quantitative estimate of drug-likeness (QED) is 0.181. The van der Waals surface area contributed by atoms with Crippen LogP contribution < -0.4 is 0 Å². The number of aromatic nitrogens is 4. The van der Waals surface area contributed by atoms with Gasteiger partial charge >= 0.3 is 0 Å². The molecule has 0 fully saturated rings. The zero-order chi connectivity index (χ0) is 37.8. The molecule has 268 valence electrons. The van der Waals surface area contributed by atoms with Crippen molar-refractivity contribution in [1.82, 2.24) is 19.1 Å². The van der Waals surface area contributed by atoms with Crippen LogP contribution in [0, 0.1) is 0 Å². The third-order valence-corrected chi connectivity index (χ3v) is 12.2. The number of hydrogen-bond acceptors (Lipinski definition) is 2. The monoisotopic (exact) mass is 728 g/mol. The van der Waals surface area contributed by atoms with Gasteiger partial charge in [-0.1, -0.05) is 153 Å². The average molecular weight is 729 g/mol. The highest BCUT2D eigenvalue weighted by atomic mass is 15.0. The van der Waals surface area contributed by atoms with Gasteiger partial charge in [-0.05, 0) is 64.7 Å². The summed E-state index contributed by atoms with van der Waals surface area (Å²) < 4.78 is 5.01. The van der Waals surface area contributed by atoms with Crippen LogP contribution >= 0.6 is 0 Å². The zero-order valence-corrected chi connectivity index (χ0v) is 31.6. The van der Waals surface area contributed by atoms with Crippen molar-refractivity contribution in [1.29, 1.82) is 0 Å². The molecule has 0 aliphatic heterocycles. The first-order valence-electron chi connectivity index (χ1n) is 19.7. The van der Waals surface area contributed by atoms with Gasteiger partial charge in [0, 0.05) is 54.8 Å². The molecule has 0 radical (unpaired) electrons. The van der Waals surface area contributed by atoms with Crippen LogP contribution in [0.1, 0.15) is 25.0 Å². The van der Waals surface area contributed by atoms with Gasteiger partial charge in [0.2, 0.25) is 0 Å². The molecule has 8 aromatic carbocycles. The highest BCUT2D eigenvalue weighted by Crippen LogP contribution is 2.58. The molecule has 0 unspecified atom stereocenters. The van der Waals surface area contributed by atoms with Gasteiger partial charge in [-0.3, -0.25) is 0 Å². The highest BCUT2D eigenvalue weighted by molar-refractivity contribution is 6.31. The van der Waals surface area contributed by atoms with Gasteiger partial charge in [-0.25, -0.2) is 9.97 Å². The Bertz CT molecular complexity index is 3420. The van der Waals surface area contributed by atoms with E-state index in [1.807, 2.05) is 6.07 Å². The SMILES string of the molecule is CC1(C)c2ccccc2-c2c1c1c3ccccc3n(-c3ccccc3)c1c1c2c2ccccc2n1-c1cccc(-c2nc(-c3ccccc3)c3ccccc3n2)c1. The van der Waals surface area contributed by atoms with E-state index in [1.165, 1.54) is 60.3 Å². The van der Waals surface area contributed by atoms with Gasteiger partial charge in [-0.15, -0.1) is 0 Å². The van der Waals surface area contributed by atoms with Crippen LogP contribution in [-0.4, -0.2) is 19.1 Å². The standard InChI is InChI=1S/C53H36N4/c1-53(2)41-28-13-9-24-37(41)45-46-39-26-11-15-30-43(39)57(50(46)51-47(48(45)53)40-27-12-16-31-44(40)56(51)35-21-7-4-8-22-35)36-23-17-20-34(32-36)52-54-42-29-14-10-25-38(42)49(55-52)33-18-5-3-6-19-33/h3-32H,1-2H3. The van der Waals surface area contributed by atoms with Crippen molar-refractivity contribution in [2.75, 3.05) is 0 Å². The lowest BCUT2D eigenvalue weighted by molar-refractivity contribution is 0.667. The molecular formula is C53H36N4.